The molecular weight excluding hydrogens is 656 g/mol. The maximum atomic E-state index is 14.3. The van der Waals surface area contributed by atoms with Crippen LogP contribution in [-0.4, -0.2) is 84.9 Å². The fraction of sp³-hybridized carbons (Fsp3) is 0.415. The molecule has 1 aliphatic heterocycles. The Morgan fingerprint density at radius 1 is 0.808 bits per heavy atom. The van der Waals surface area contributed by atoms with E-state index in [-0.39, 0.29) is 31.4 Å². The van der Waals surface area contributed by atoms with E-state index in [1.165, 1.54) is 12.5 Å². The second-order valence-corrected chi connectivity index (χ2v) is 13.5. The first-order valence-corrected chi connectivity index (χ1v) is 18.3. The third-order valence-corrected chi connectivity index (χ3v) is 9.68. The normalized spacial score (nSPS) is 15.1. The Morgan fingerprint density at radius 2 is 1.46 bits per heavy atom. The summed E-state index contributed by atoms with van der Waals surface area (Å²) in [5.41, 5.74) is 4.08. The van der Waals surface area contributed by atoms with E-state index < -0.39 is 29.9 Å². The predicted molar refractivity (Wildman–Crippen MR) is 202 cm³/mol. The Morgan fingerprint density at radius 3 is 2.17 bits per heavy atom. The molecule has 0 spiro atoms. The number of H-pyrrole nitrogens is 1. The summed E-state index contributed by atoms with van der Waals surface area (Å²) in [7, 11) is 1.86. The average Bonchev–Trinajstić information content (AvgIpc) is 3.58. The molecule has 0 radical (unpaired) electrons. The first-order valence-electron chi connectivity index (χ1n) is 18.3. The molecule has 1 saturated heterocycles. The maximum absolute atomic E-state index is 14.3. The zero-order valence-electron chi connectivity index (χ0n) is 30.2. The summed E-state index contributed by atoms with van der Waals surface area (Å²) in [6.07, 6.45) is 5.66. The highest BCUT2D eigenvalue weighted by atomic mass is 16.5. The minimum Gasteiger partial charge on any atom is -0.374 e. The van der Waals surface area contributed by atoms with Gasteiger partial charge in [-0.1, -0.05) is 78.9 Å². The quantitative estimate of drug-likeness (QED) is 0.0981. The first kappa shape index (κ1) is 38.2. The van der Waals surface area contributed by atoms with Gasteiger partial charge in [-0.3, -0.25) is 19.2 Å². The molecule has 4 amide bonds. The molecule has 11 nitrogen and oxygen atoms in total. The third kappa shape index (κ3) is 11.0. The van der Waals surface area contributed by atoms with Gasteiger partial charge in [-0.25, -0.2) is 0 Å². The number of rotatable bonds is 18. The van der Waals surface area contributed by atoms with E-state index >= 15 is 0 Å². The van der Waals surface area contributed by atoms with Gasteiger partial charge in [0.15, 0.2) is 0 Å². The van der Waals surface area contributed by atoms with Crippen LogP contribution in [0.2, 0.25) is 0 Å². The highest BCUT2D eigenvalue weighted by Crippen LogP contribution is 2.28. The second kappa shape index (κ2) is 19.6. The zero-order valence-corrected chi connectivity index (χ0v) is 30.2. The van der Waals surface area contributed by atoms with Crippen LogP contribution in [0.3, 0.4) is 0 Å². The number of carbonyl (C=O) groups is 4. The zero-order chi connectivity index (χ0) is 36.7. The van der Waals surface area contributed by atoms with Gasteiger partial charge in [0.1, 0.15) is 18.1 Å². The number of aromatic nitrogens is 1. The molecule has 3 atom stereocenters. The monoisotopic (exact) mass is 708 g/mol. The number of nitrogens with one attached hydrogen (secondary N) is 5. The van der Waals surface area contributed by atoms with Crippen LogP contribution < -0.4 is 21.3 Å². The van der Waals surface area contributed by atoms with Gasteiger partial charge >= 0.3 is 0 Å². The molecule has 0 bridgehead atoms. The molecule has 5 N–H and O–H groups in total. The molecule has 4 aromatic rings. The van der Waals surface area contributed by atoms with E-state index in [0.29, 0.717) is 31.8 Å². The standard InChI is InChI=1S/C41H52N6O5/c1-29(48)44-38(28-52-27-30-13-5-3-6-14-30)40(50)45-36(19-11-12-22-42-2)39(49)46-37(25-33-26-43-35-18-10-9-17-34(33)35)41(51)47-23-20-32(21-24-47)31-15-7-4-8-16-31/h3-10,13-18,26,32,36-38,42-43H,11-12,19-25,27-28H2,1-2H3,(H,44,48)(H,45,50)(H,46,49)/t36-,37+,38-/m0/s1. The number of hydrogen-bond acceptors (Lipinski definition) is 6. The number of hydrogen-bond donors (Lipinski definition) is 5. The van der Waals surface area contributed by atoms with E-state index in [4.69, 9.17) is 4.74 Å². The Balaban J connectivity index is 1.31. The van der Waals surface area contributed by atoms with Crippen molar-refractivity contribution < 1.29 is 23.9 Å². The van der Waals surface area contributed by atoms with E-state index in [9.17, 15) is 19.2 Å². The molecule has 1 aromatic heterocycles. The molecule has 1 aliphatic rings. The van der Waals surface area contributed by atoms with Crippen LogP contribution in [0.4, 0.5) is 0 Å². The van der Waals surface area contributed by atoms with Crippen LogP contribution in [0.25, 0.3) is 10.9 Å². The summed E-state index contributed by atoms with van der Waals surface area (Å²) in [5, 5.41) is 12.7. The van der Waals surface area contributed by atoms with Gasteiger partial charge in [-0.15, -0.1) is 0 Å². The Labute approximate surface area is 306 Å². The van der Waals surface area contributed by atoms with Crippen LogP contribution >= 0.6 is 0 Å². The highest BCUT2D eigenvalue weighted by Gasteiger charge is 2.33. The lowest BCUT2D eigenvalue weighted by Crippen LogP contribution is -2.58. The molecular formula is C41H52N6O5. The van der Waals surface area contributed by atoms with Crippen molar-refractivity contribution in [1.82, 2.24) is 31.2 Å². The lowest BCUT2D eigenvalue weighted by Gasteiger charge is -2.35. The van der Waals surface area contributed by atoms with Crippen molar-refractivity contribution in [2.24, 2.45) is 0 Å². The number of unbranched alkanes of at least 4 members (excludes halogenated alkanes) is 1. The number of amides is 4. The number of ether oxygens (including phenoxy) is 1. The number of likely N-dealkylation sites (tertiary alicyclic amines) is 1. The largest absolute Gasteiger partial charge is 0.374 e. The van der Waals surface area contributed by atoms with Crippen molar-refractivity contribution in [2.75, 3.05) is 33.3 Å². The van der Waals surface area contributed by atoms with Crippen LogP contribution in [0.15, 0.2) is 91.1 Å². The summed E-state index contributed by atoms with van der Waals surface area (Å²) < 4.78 is 5.81. The topological polar surface area (TPSA) is 145 Å². The Hall–Kier alpha value is -5.00. The van der Waals surface area contributed by atoms with Gasteiger partial charge in [0.25, 0.3) is 0 Å². The Bertz CT molecular complexity index is 1740. The molecule has 52 heavy (non-hydrogen) atoms. The minimum atomic E-state index is -1.01. The van der Waals surface area contributed by atoms with Gasteiger partial charge in [0.05, 0.1) is 13.2 Å². The Kier molecular flexibility index (Phi) is 14.4. The van der Waals surface area contributed by atoms with Crippen molar-refractivity contribution in [3.63, 3.8) is 0 Å². The summed E-state index contributed by atoms with van der Waals surface area (Å²) >= 11 is 0. The number of fused-ring (bicyclic) bond motifs is 1. The van der Waals surface area contributed by atoms with Crippen molar-refractivity contribution in [2.45, 2.75) is 76.1 Å². The summed E-state index contributed by atoms with van der Waals surface area (Å²) in [6, 6.07) is 25.0. The van der Waals surface area contributed by atoms with Gasteiger partial charge in [-0.05, 0) is 74.4 Å². The average molecular weight is 709 g/mol. The number of para-hydroxylation sites is 1. The third-order valence-electron chi connectivity index (χ3n) is 9.68. The molecule has 1 fully saturated rings. The van der Waals surface area contributed by atoms with E-state index in [2.05, 4.69) is 38.4 Å². The van der Waals surface area contributed by atoms with Crippen LogP contribution in [-0.2, 0) is 36.9 Å². The van der Waals surface area contributed by atoms with Crippen LogP contribution in [0.5, 0.6) is 0 Å². The summed E-state index contributed by atoms with van der Waals surface area (Å²) in [6.45, 7) is 3.45. The number of carbonyl (C=O) groups excluding carboxylic acids is 4. The van der Waals surface area contributed by atoms with Crippen molar-refractivity contribution >= 4 is 34.5 Å². The molecule has 276 valence electrons. The highest BCUT2D eigenvalue weighted by molar-refractivity contribution is 5.94. The van der Waals surface area contributed by atoms with Gasteiger partial charge in [0.2, 0.25) is 23.6 Å². The van der Waals surface area contributed by atoms with E-state index in [1.807, 2.05) is 90.9 Å². The fourth-order valence-corrected chi connectivity index (χ4v) is 6.86. The van der Waals surface area contributed by atoms with Gasteiger partial charge < -0.3 is 35.9 Å². The minimum absolute atomic E-state index is 0.0744. The SMILES string of the molecule is CNCCCC[C@H](NC(=O)[C@H](COCc1ccccc1)NC(C)=O)C(=O)N[C@H](Cc1c[nH]c2ccccc12)C(=O)N1CCC(c2ccccc2)CC1. The number of nitrogens with zero attached hydrogens (tertiary/aromatic N) is 1. The molecule has 5 rings (SSSR count). The van der Waals surface area contributed by atoms with Crippen LogP contribution in [0, 0.1) is 0 Å². The van der Waals surface area contributed by atoms with Crippen molar-refractivity contribution in [3.05, 3.63) is 108 Å². The molecule has 3 aromatic carbocycles. The molecule has 2 heterocycles. The molecule has 11 heteroatoms. The molecule has 0 aliphatic carbocycles. The lowest BCUT2D eigenvalue weighted by atomic mass is 9.89. The van der Waals surface area contributed by atoms with Gasteiger partial charge in [-0.2, -0.15) is 0 Å². The predicted octanol–water partition coefficient (Wildman–Crippen LogP) is 4.20. The van der Waals surface area contributed by atoms with E-state index in [1.54, 1.807) is 0 Å². The van der Waals surface area contributed by atoms with Crippen molar-refractivity contribution in [3.8, 4) is 0 Å². The maximum Gasteiger partial charge on any atom is 0.245 e. The molecule has 0 saturated carbocycles. The first-order chi connectivity index (χ1) is 25.3. The fourth-order valence-electron chi connectivity index (χ4n) is 6.86. The summed E-state index contributed by atoms with van der Waals surface area (Å²) in [4.78, 5) is 59.4. The second-order valence-electron chi connectivity index (χ2n) is 13.5. The van der Waals surface area contributed by atoms with Gasteiger partial charge in [0, 0.05) is 43.5 Å². The van der Waals surface area contributed by atoms with Crippen LogP contribution in [0.1, 0.15) is 61.6 Å². The number of aromatic amines is 1. The number of piperidine rings is 1. The van der Waals surface area contributed by atoms with Crippen molar-refractivity contribution in [1.29, 1.82) is 0 Å². The van der Waals surface area contributed by atoms with E-state index in [0.717, 1.165) is 47.8 Å². The number of benzene rings is 3. The molecule has 0 unspecified atom stereocenters. The lowest BCUT2D eigenvalue weighted by molar-refractivity contribution is -0.138. The smallest absolute Gasteiger partial charge is 0.245 e. The summed E-state index contributed by atoms with van der Waals surface area (Å²) in [5.74, 6) is -1.13.